The molecule has 128 valence electrons. The minimum Gasteiger partial charge on any atom is -0.497 e. The topological polar surface area (TPSA) is 50.8 Å². The molecule has 0 aliphatic carbocycles. The highest BCUT2D eigenvalue weighted by atomic mass is 16.5. The fourth-order valence-corrected chi connectivity index (χ4v) is 2.38. The number of para-hydroxylation sites is 2. The molecule has 2 aromatic carbocycles. The van der Waals surface area contributed by atoms with E-state index < -0.39 is 0 Å². The van der Waals surface area contributed by atoms with Gasteiger partial charge in [-0.05, 0) is 43.8 Å². The van der Waals surface area contributed by atoms with Crippen LogP contribution in [-0.4, -0.2) is 38.1 Å². The van der Waals surface area contributed by atoms with Gasteiger partial charge in [0.25, 0.3) is 0 Å². The van der Waals surface area contributed by atoms with Crippen LogP contribution in [0.15, 0.2) is 48.5 Å². The van der Waals surface area contributed by atoms with Gasteiger partial charge in [0.05, 0.1) is 25.9 Å². The van der Waals surface area contributed by atoms with Crippen LogP contribution in [0.4, 0.5) is 5.69 Å². The molecule has 0 aromatic heterocycles. The molecule has 0 heterocycles. The average molecular weight is 328 g/mol. The van der Waals surface area contributed by atoms with Crippen molar-refractivity contribution in [2.75, 3.05) is 32.6 Å². The predicted octanol–water partition coefficient (Wildman–Crippen LogP) is 3.16. The number of methoxy groups -OCH3 is 1. The van der Waals surface area contributed by atoms with E-state index in [1.165, 1.54) is 0 Å². The molecule has 5 heteroatoms. The van der Waals surface area contributed by atoms with E-state index in [4.69, 9.17) is 9.47 Å². The van der Waals surface area contributed by atoms with Crippen molar-refractivity contribution < 1.29 is 14.3 Å². The highest BCUT2D eigenvalue weighted by Gasteiger charge is 2.10. The van der Waals surface area contributed by atoms with Crippen molar-refractivity contribution in [2.45, 2.75) is 13.5 Å². The van der Waals surface area contributed by atoms with Crippen LogP contribution in [0.2, 0.25) is 0 Å². The Morgan fingerprint density at radius 1 is 1.12 bits per heavy atom. The molecule has 24 heavy (non-hydrogen) atoms. The minimum atomic E-state index is -0.0711. The molecule has 0 aliphatic heterocycles. The Balaban J connectivity index is 1.89. The number of carbonyl (C=O) groups is 1. The zero-order valence-electron chi connectivity index (χ0n) is 14.4. The van der Waals surface area contributed by atoms with Crippen molar-refractivity contribution in [1.29, 1.82) is 0 Å². The first kappa shape index (κ1) is 17.8. The molecule has 0 saturated heterocycles. The maximum atomic E-state index is 12.2. The van der Waals surface area contributed by atoms with Crippen LogP contribution in [-0.2, 0) is 11.3 Å². The Hall–Kier alpha value is -2.53. The molecular formula is C19H24N2O3. The Bertz CT molecular complexity index is 656. The number of hydrogen-bond acceptors (Lipinski definition) is 4. The number of carbonyl (C=O) groups excluding carboxylic acids is 1. The molecule has 2 rings (SSSR count). The Labute approximate surface area is 143 Å². The maximum Gasteiger partial charge on any atom is 0.238 e. The summed E-state index contributed by atoms with van der Waals surface area (Å²) in [5, 5.41) is 2.90. The van der Waals surface area contributed by atoms with Crippen molar-refractivity contribution in [3.05, 3.63) is 54.1 Å². The van der Waals surface area contributed by atoms with Crippen LogP contribution in [0.25, 0.3) is 0 Å². The van der Waals surface area contributed by atoms with E-state index in [0.717, 1.165) is 11.3 Å². The van der Waals surface area contributed by atoms with E-state index >= 15 is 0 Å². The summed E-state index contributed by atoms with van der Waals surface area (Å²) in [6.07, 6.45) is 0. The molecule has 0 aliphatic rings. The van der Waals surface area contributed by atoms with Crippen molar-refractivity contribution in [3.63, 3.8) is 0 Å². The average Bonchev–Trinajstić information content (AvgIpc) is 2.57. The Morgan fingerprint density at radius 3 is 2.50 bits per heavy atom. The zero-order valence-corrected chi connectivity index (χ0v) is 14.4. The van der Waals surface area contributed by atoms with E-state index in [1.807, 2.05) is 67.4 Å². The SMILES string of the molecule is CCOc1ccccc1NC(=O)CN(C)Cc1ccc(OC)cc1. The molecule has 1 amide bonds. The highest BCUT2D eigenvalue weighted by molar-refractivity contribution is 5.93. The summed E-state index contributed by atoms with van der Waals surface area (Å²) < 4.78 is 10.7. The van der Waals surface area contributed by atoms with Crippen molar-refractivity contribution >= 4 is 11.6 Å². The Kier molecular flexibility index (Phi) is 6.63. The fourth-order valence-electron chi connectivity index (χ4n) is 2.38. The second-order valence-electron chi connectivity index (χ2n) is 5.50. The van der Waals surface area contributed by atoms with Crippen LogP contribution in [0, 0.1) is 0 Å². The molecule has 2 aromatic rings. The smallest absolute Gasteiger partial charge is 0.238 e. The van der Waals surface area contributed by atoms with Gasteiger partial charge in [0.1, 0.15) is 11.5 Å². The lowest BCUT2D eigenvalue weighted by atomic mass is 10.2. The minimum absolute atomic E-state index is 0.0711. The van der Waals surface area contributed by atoms with E-state index in [-0.39, 0.29) is 5.91 Å². The number of anilines is 1. The van der Waals surface area contributed by atoms with Crippen LogP contribution in [0.1, 0.15) is 12.5 Å². The lowest BCUT2D eigenvalue weighted by Crippen LogP contribution is -2.30. The summed E-state index contributed by atoms with van der Waals surface area (Å²) >= 11 is 0. The molecular weight excluding hydrogens is 304 g/mol. The number of nitrogens with one attached hydrogen (secondary N) is 1. The molecule has 0 fully saturated rings. The summed E-state index contributed by atoms with van der Waals surface area (Å²) in [6.45, 7) is 3.46. The fraction of sp³-hybridized carbons (Fsp3) is 0.316. The quantitative estimate of drug-likeness (QED) is 0.809. The third kappa shape index (κ3) is 5.28. The number of likely N-dealkylation sites (N-methyl/N-ethyl adjacent to an activating group) is 1. The molecule has 0 unspecified atom stereocenters. The summed E-state index contributed by atoms with van der Waals surface area (Å²) in [5.41, 5.74) is 1.82. The maximum absolute atomic E-state index is 12.2. The number of amides is 1. The van der Waals surface area contributed by atoms with Crippen LogP contribution in [0.5, 0.6) is 11.5 Å². The molecule has 0 radical (unpaired) electrons. The summed E-state index contributed by atoms with van der Waals surface area (Å²) in [7, 11) is 3.56. The van der Waals surface area contributed by atoms with Gasteiger partial charge in [-0.3, -0.25) is 9.69 Å². The van der Waals surface area contributed by atoms with Crippen LogP contribution < -0.4 is 14.8 Å². The first-order valence-electron chi connectivity index (χ1n) is 7.95. The molecule has 0 saturated carbocycles. The number of benzene rings is 2. The number of ether oxygens (including phenoxy) is 2. The predicted molar refractivity (Wildman–Crippen MR) is 95.6 cm³/mol. The lowest BCUT2D eigenvalue weighted by Gasteiger charge is -2.17. The van der Waals surface area contributed by atoms with E-state index in [0.29, 0.717) is 31.1 Å². The van der Waals surface area contributed by atoms with Crippen molar-refractivity contribution in [3.8, 4) is 11.5 Å². The van der Waals surface area contributed by atoms with Gasteiger partial charge in [-0.2, -0.15) is 0 Å². The van der Waals surface area contributed by atoms with E-state index in [1.54, 1.807) is 7.11 Å². The lowest BCUT2D eigenvalue weighted by molar-refractivity contribution is -0.117. The van der Waals surface area contributed by atoms with Gasteiger partial charge in [-0.25, -0.2) is 0 Å². The van der Waals surface area contributed by atoms with Crippen LogP contribution in [0.3, 0.4) is 0 Å². The van der Waals surface area contributed by atoms with Gasteiger partial charge in [-0.1, -0.05) is 24.3 Å². The summed E-state index contributed by atoms with van der Waals surface area (Å²) in [5.74, 6) is 1.44. The summed E-state index contributed by atoms with van der Waals surface area (Å²) in [6, 6.07) is 15.3. The van der Waals surface area contributed by atoms with E-state index in [9.17, 15) is 4.79 Å². The molecule has 1 N–H and O–H groups in total. The third-order valence-electron chi connectivity index (χ3n) is 3.49. The van der Waals surface area contributed by atoms with Crippen molar-refractivity contribution in [2.24, 2.45) is 0 Å². The molecule has 0 bridgehead atoms. The first-order chi connectivity index (χ1) is 11.6. The van der Waals surface area contributed by atoms with Gasteiger partial charge < -0.3 is 14.8 Å². The van der Waals surface area contributed by atoms with E-state index in [2.05, 4.69) is 5.32 Å². The largest absolute Gasteiger partial charge is 0.497 e. The second kappa shape index (κ2) is 8.93. The monoisotopic (exact) mass is 328 g/mol. The molecule has 0 spiro atoms. The van der Waals surface area contributed by atoms with Gasteiger partial charge in [0.15, 0.2) is 0 Å². The number of rotatable bonds is 8. The second-order valence-corrected chi connectivity index (χ2v) is 5.50. The van der Waals surface area contributed by atoms with Crippen molar-refractivity contribution in [1.82, 2.24) is 4.90 Å². The summed E-state index contributed by atoms with van der Waals surface area (Å²) in [4.78, 5) is 14.2. The van der Waals surface area contributed by atoms with Gasteiger partial charge in [0, 0.05) is 6.54 Å². The number of hydrogen-bond donors (Lipinski definition) is 1. The normalized spacial score (nSPS) is 10.5. The highest BCUT2D eigenvalue weighted by Crippen LogP contribution is 2.23. The number of nitrogens with zero attached hydrogens (tertiary/aromatic N) is 1. The van der Waals surface area contributed by atoms with Gasteiger partial charge in [-0.15, -0.1) is 0 Å². The van der Waals surface area contributed by atoms with Gasteiger partial charge >= 0.3 is 0 Å². The zero-order chi connectivity index (χ0) is 17.4. The van der Waals surface area contributed by atoms with Gasteiger partial charge in [0.2, 0.25) is 5.91 Å². The molecule has 5 nitrogen and oxygen atoms in total. The first-order valence-corrected chi connectivity index (χ1v) is 7.95. The molecule has 0 atom stereocenters. The third-order valence-corrected chi connectivity index (χ3v) is 3.49. The standard InChI is InChI=1S/C19H24N2O3/c1-4-24-18-8-6-5-7-17(18)20-19(22)14-21(2)13-15-9-11-16(23-3)12-10-15/h5-12H,4,13-14H2,1-3H3,(H,20,22). The van der Waals surface area contributed by atoms with Crippen LogP contribution >= 0.6 is 0 Å². The Morgan fingerprint density at radius 2 is 1.83 bits per heavy atom.